The smallest absolute Gasteiger partial charge is 0.338 e. The standard InChI is InChI=1S/C37H47FN2O10/c1-22(5-12-29-18-26(21-41)19-30(49-29)20-36(45)50-40-34(43)15-16-35(40)44)6-13-32-23(2)17-31(25(4)48-32)39-33(42)14-7-24(3)47-37(46)27-8-10-28(38)11-9-27/h5-12,14,23-26,29-32,41H,13,15-21H2,1-4H3,(H,39,42)/b12-5+,14-7-,22-6+/t23?,24?,25?,26?,29?,30-,31?,32?/m0/s1. The Kier molecular flexibility index (Phi) is 14.0. The van der Waals surface area contributed by atoms with Crippen molar-refractivity contribution in [3.63, 3.8) is 0 Å². The molecule has 3 aliphatic rings. The highest BCUT2D eigenvalue weighted by Crippen LogP contribution is 2.30. The van der Waals surface area contributed by atoms with Crippen molar-refractivity contribution in [2.24, 2.45) is 11.8 Å². The third kappa shape index (κ3) is 11.4. The second kappa shape index (κ2) is 18.2. The third-order valence-corrected chi connectivity index (χ3v) is 9.06. The molecule has 7 unspecified atom stereocenters. The molecule has 2 N–H and O–H groups in total. The average molecular weight is 699 g/mol. The van der Waals surface area contributed by atoms with E-state index in [1.165, 1.54) is 36.4 Å². The number of nitrogens with one attached hydrogen (secondary N) is 1. The summed E-state index contributed by atoms with van der Waals surface area (Å²) in [5.74, 6) is -3.14. The molecule has 1 aromatic carbocycles. The summed E-state index contributed by atoms with van der Waals surface area (Å²) in [6.45, 7) is 7.53. The number of hydroxylamine groups is 2. The van der Waals surface area contributed by atoms with E-state index in [0.29, 0.717) is 30.7 Å². The fourth-order valence-electron chi connectivity index (χ4n) is 6.20. The zero-order valence-electron chi connectivity index (χ0n) is 28.9. The Morgan fingerprint density at radius 2 is 1.76 bits per heavy atom. The van der Waals surface area contributed by atoms with E-state index in [-0.39, 0.29) is 73.5 Å². The van der Waals surface area contributed by atoms with Gasteiger partial charge in [-0.15, -0.1) is 5.06 Å². The first-order valence-electron chi connectivity index (χ1n) is 17.1. The highest BCUT2D eigenvalue weighted by atomic mass is 19.1. The number of rotatable bonds is 13. The van der Waals surface area contributed by atoms with Crippen LogP contribution in [0.3, 0.4) is 0 Å². The van der Waals surface area contributed by atoms with Crippen molar-refractivity contribution in [3.05, 3.63) is 71.6 Å². The number of carbonyl (C=O) groups is 5. The number of aliphatic hydroxyl groups excluding tert-OH is 1. The van der Waals surface area contributed by atoms with Crippen LogP contribution in [0.25, 0.3) is 0 Å². The molecule has 8 atom stereocenters. The monoisotopic (exact) mass is 698 g/mol. The predicted molar refractivity (Wildman–Crippen MR) is 178 cm³/mol. The third-order valence-electron chi connectivity index (χ3n) is 9.06. The zero-order valence-corrected chi connectivity index (χ0v) is 28.9. The van der Waals surface area contributed by atoms with Crippen LogP contribution in [0.1, 0.15) is 83.0 Å². The van der Waals surface area contributed by atoms with E-state index in [1.807, 2.05) is 26.0 Å². The second-order valence-corrected chi connectivity index (χ2v) is 13.3. The van der Waals surface area contributed by atoms with E-state index < -0.39 is 41.8 Å². The maximum absolute atomic E-state index is 13.1. The summed E-state index contributed by atoms with van der Waals surface area (Å²) < 4.78 is 30.8. The maximum Gasteiger partial charge on any atom is 0.338 e. The number of halogens is 1. The molecule has 0 aromatic heterocycles. The Labute approximate surface area is 291 Å². The lowest BCUT2D eigenvalue weighted by Crippen LogP contribution is -2.50. The predicted octanol–water partition coefficient (Wildman–Crippen LogP) is 4.27. The molecule has 13 heteroatoms. The topological polar surface area (TPSA) is 158 Å². The Bertz CT molecular complexity index is 1460. The molecule has 0 spiro atoms. The summed E-state index contributed by atoms with van der Waals surface area (Å²) in [5.41, 5.74) is 1.20. The van der Waals surface area contributed by atoms with Gasteiger partial charge in [0.15, 0.2) is 0 Å². The number of imide groups is 1. The van der Waals surface area contributed by atoms with Crippen molar-refractivity contribution in [3.8, 4) is 0 Å². The van der Waals surface area contributed by atoms with Crippen LogP contribution in [0.2, 0.25) is 0 Å². The van der Waals surface area contributed by atoms with Gasteiger partial charge in [-0.1, -0.05) is 30.7 Å². The fourth-order valence-corrected chi connectivity index (χ4v) is 6.20. The van der Waals surface area contributed by atoms with Gasteiger partial charge in [0.05, 0.1) is 42.4 Å². The summed E-state index contributed by atoms with van der Waals surface area (Å²) in [7, 11) is 0. The summed E-state index contributed by atoms with van der Waals surface area (Å²) in [6.07, 6.45) is 9.19. The Hall–Kier alpha value is -4.20. The molecular formula is C37H47FN2O10. The van der Waals surface area contributed by atoms with E-state index in [9.17, 15) is 33.5 Å². The SMILES string of the molecule is CC(/C=C/C1CC(CO)C[C@@H](CC(=O)ON2C(=O)CCC2=O)O1)=C\CC1OC(C)C(NC(=O)/C=C\C(C)OC(=O)c2ccc(F)cc2)CC1C. The minimum atomic E-state index is -0.734. The van der Waals surface area contributed by atoms with Crippen molar-refractivity contribution in [1.29, 1.82) is 0 Å². The number of aliphatic hydroxyl groups is 1. The molecule has 12 nitrogen and oxygen atoms in total. The summed E-state index contributed by atoms with van der Waals surface area (Å²) in [5, 5.41) is 13.3. The molecule has 50 heavy (non-hydrogen) atoms. The number of nitrogens with zero attached hydrogens (tertiary/aromatic N) is 1. The lowest BCUT2D eigenvalue weighted by atomic mass is 9.88. The highest BCUT2D eigenvalue weighted by Gasteiger charge is 2.36. The number of hydrogen-bond donors (Lipinski definition) is 2. The maximum atomic E-state index is 13.1. The summed E-state index contributed by atoms with van der Waals surface area (Å²) >= 11 is 0. The van der Waals surface area contributed by atoms with E-state index in [4.69, 9.17) is 19.0 Å². The molecule has 0 aliphatic carbocycles. The Morgan fingerprint density at radius 3 is 2.44 bits per heavy atom. The average Bonchev–Trinajstić information content (AvgIpc) is 3.39. The van der Waals surface area contributed by atoms with Crippen LogP contribution in [-0.4, -0.2) is 83.0 Å². The van der Waals surface area contributed by atoms with Crippen LogP contribution in [-0.2, 0) is 38.2 Å². The lowest BCUT2D eigenvalue weighted by Gasteiger charge is -2.39. The van der Waals surface area contributed by atoms with Gasteiger partial charge < -0.3 is 29.5 Å². The number of esters is 1. The van der Waals surface area contributed by atoms with Gasteiger partial charge in [-0.25, -0.2) is 14.0 Å². The van der Waals surface area contributed by atoms with Crippen LogP contribution in [0, 0.1) is 17.7 Å². The van der Waals surface area contributed by atoms with Crippen LogP contribution >= 0.6 is 0 Å². The number of amides is 3. The van der Waals surface area contributed by atoms with Crippen LogP contribution in [0.15, 0.2) is 60.2 Å². The quantitative estimate of drug-likeness (QED) is 0.132. The van der Waals surface area contributed by atoms with Gasteiger partial charge >= 0.3 is 11.9 Å². The molecule has 4 rings (SSSR count). The molecular weight excluding hydrogens is 651 g/mol. The molecule has 1 aromatic rings. The van der Waals surface area contributed by atoms with Crippen molar-refractivity contribution in [2.45, 2.75) is 109 Å². The van der Waals surface area contributed by atoms with Crippen molar-refractivity contribution < 1.29 is 52.5 Å². The normalized spacial score (nSPS) is 28.2. The molecule has 3 amide bonds. The largest absolute Gasteiger partial charge is 0.455 e. The molecule has 0 bridgehead atoms. The first-order valence-corrected chi connectivity index (χ1v) is 17.1. The highest BCUT2D eigenvalue weighted by molar-refractivity contribution is 6.01. The minimum Gasteiger partial charge on any atom is -0.455 e. The number of ether oxygens (including phenoxy) is 3. The molecule has 272 valence electrons. The van der Waals surface area contributed by atoms with Gasteiger partial charge in [-0.3, -0.25) is 14.4 Å². The van der Waals surface area contributed by atoms with E-state index >= 15 is 0 Å². The van der Waals surface area contributed by atoms with Gasteiger partial charge in [-0.05, 0) is 88.6 Å². The fraction of sp³-hybridized carbons (Fsp3) is 0.541. The summed E-state index contributed by atoms with van der Waals surface area (Å²) in [6, 6.07) is 4.82. The lowest BCUT2D eigenvalue weighted by molar-refractivity contribution is -0.200. The number of benzene rings is 1. The van der Waals surface area contributed by atoms with Crippen molar-refractivity contribution in [1.82, 2.24) is 10.4 Å². The Balaban J connectivity index is 1.21. The zero-order chi connectivity index (χ0) is 36.4. The van der Waals surface area contributed by atoms with E-state index in [0.717, 1.165) is 5.57 Å². The van der Waals surface area contributed by atoms with Gasteiger partial charge in [0, 0.05) is 25.5 Å². The molecule has 3 fully saturated rings. The van der Waals surface area contributed by atoms with Crippen molar-refractivity contribution in [2.75, 3.05) is 6.61 Å². The first kappa shape index (κ1) is 38.6. The van der Waals surface area contributed by atoms with E-state index in [1.54, 1.807) is 6.92 Å². The summed E-state index contributed by atoms with van der Waals surface area (Å²) in [4.78, 5) is 65.8. The van der Waals surface area contributed by atoms with Crippen LogP contribution < -0.4 is 5.32 Å². The van der Waals surface area contributed by atoms with Crippen LogP contribution in [0.4, 0.5) is 4.39 Å². The molecule has 3 aliphatic heterocycles. The van der Waals surface area contributed by atoms with Gasteiger partial charge in [0.1, 0.15) is 11.9 Å². The van der Waals surface area contributed by atoms with Gasteiger partial charge in [0.2, 0.25) is 5.91 Å². The Morgan fingerprint density at radius 1 is 1.06 bits per heavy atom. The van der Waals surface area contributed by atoms with Crippen LogP contribution in [0.5, 0.6) is 0 Å². The molecule has 0 radical (unpaired) electrons. The number of carbonyl (C=O) groups excluding carboxylic acids is 5. The number of hydrogen-bond acceptors (Lipinski definition) is 10. The molecule has 3 heterocycles. The van der Waals surface area contributed by atoms with E-state index in [2.05, 4.69) is 18.3 Å². The number of allylic oxidation sites excluding steroid dienone is 2. The van der Waals surface area contributed by atoms with Crippen molar-refractivity contribution >= 4 is 29.7 Å². The van der Waals surface area contributed by atoms with Gasteiger partial charge in [0.25, 0.3) is 11.8 Å². The minimum absolute atomic E-state index is 0.0187. The van der Waals surface area contributed by atoms with Gasteiger partial charge in [-0.2, -0.15) is 0 Å². The second-order valence-electron chi connectivity index (χ2n) is 13.3. The molecule has 3 saturated heterocycles. The molecule has 0 saturated carbocycles. The first-order chi connectivity index (χ1) is 23.8.